The normalized spacial score (nSPS) is 11.7. The first-order chi connectivity index (χ1) is 18.4. The molecular weight excluding hydrogens is 480 g/mol. The van der Waals surface area contributed by atoms with Crippen LogP contribution in [-0.4, -0.2) is 34.6 Å². The molecule has 4 aromatic rings. The molecule has 0 aliphatic rings. The fraction of sp³-hybridized carbons (Fsp3) is 0.250. The molecule has 0 radical (unpaired) electrons. The Morgan fingerprint density at radius 2 is 1.16 bits per heavy atom. The lowest BCUT2D eigenvalue weighted by atomic mass is 9.84. The van der Waals surface area contributed by atoms with Gasteiger partial charge in [-0.25, -0.2) is 0 Å². The third-order valence-corrected chi connectivity index (χ3v) is 6.90. The second-order valence-corrected chi connectivity index (χ2v) is 9.43. The van der Waals surface area contributed by atoms with Crippen molar-refractivity contribution in [3.8, 4) is 34.5 Å². The number of methoxy groups -OCH3 is 2. The zero-order valence-electron chi connectivity index (χ0n) is 21.7. The Balaban J connectivity index is 1.66. The van der Waals surface area contributed by atoms with E-state index in [-0.39, 0.29) is 28.9 Å². The first kappa shape index (κ1) is 26.7. The van der Waals surface area contributed by atoms with Crippen molar-refractivity contribution in [2.24, 2.45) is 0 Å². The Hall–Kier alpha value is -4.32. The molecule has 0 aromatic heterocycles. The lowest BCUT2D eigenvalue weighted by Gasteiger charge is -2.23. The minimum Gasteiger partial charge on any atom is -0.508 e. The number of hydrogen-bond donors (Lipinski definition) is 4. The number of phenolic OH excluding ortho intramolecular Hbond substituents is 4. The maximum absolute atomic E-state index is 11.1. The van der Waals surface area contributed by atoms with E-state index < -0.39 is 0 Å². The van der Waals surface area contributed by atoms with Crippen LogP contribution in [0.4, 0.5) is 0 Å². The maximum atomic E-state index is 11.1. The summed E-state index contributed by atoms with van der Waals surface area (Å²) in [6.45, 7) is 0. The summed E-state index contributed by atoms with van der Waals surface area (Å²) in [5.41, 5.74) is 4.81. The Bertz CT molecular complexity index is 1350. The molecule has 0 saturated carbocycles. The van der Waals surface area contributed by atoms with Gasteiger partial charge in [-0.2, -0.15) is 0 Å². The van der Waals surface area contributed by atoms with Crippen LogP contribution in [0.5, 0.6) is 34.5 Å². The van der Waals surface area contributed by atoms with E-state index in [4.69, 9.17) is 9.47 Å². The molecule has 0 aliphatic carbocycles. The molecular formula is C32H34O6. The molecule has 4 rings (SSSR count). The molecule has 0 bridgehead atoms. The van der Waals surface area contributed by atoms with Crippen molar-refractivity contribution in [1.29, 1.82) is 0 Å². The van der Waals surface area contributed by atoms with E-state index in [1.807, 2.05) is 36.4 Å². The number of ether oxygens (including phenoxy) is 2. The summed E-state index contributed by atoms with van der Waals surface area (Å²) in [5, 5.41) is 40.4. The van der Waals surface area contributed by atoms with Gasteiger partial charge in [0.2, 0.25) is 0 Å². The number of aryl methyl sites for hydroxylation is 3. The first-order valence-corrected chi connectivity index (χ1v) is 12.7. The molecule has 198 valence electrons. The zero-order chi connectivity index (χ0) is 27.1. The molecule has 1 atom stereocenters. The van der Waals surface area contributed by atoms with Crippen LogP contribution in [0.3, 0.4) is 0 Å². The molecule has 0 saturated heterocycles. The van der Waals surface area contributed by atoms with Gasteiger partial charge in [-0.1, -0.05) is 30.3 Å². The second-order valence-electron chi connectivity index (χ2n) is 9.43. The Kier molecular flexibility index (Phi) is 8.64. The lowest BCUT2D eigenvalue weighted by Crippen LogP contribution is -2.07. The van der Waals surface area contributed by atoms with E-state index in [1.54, 1.807) is 56.7 Å². The average Bonchev–Trinajstić information content (AvgIpc) is 2.92. The van der Waals surface area contributed by atoms with Crippen molar-refractivity contribution in [2.75, 3.05) is 14.2 Å². The van der Waals surface area contributed by atoms with Crippen LogP contribution in [0.15, 0.2) is 78.9 Å². The summed E-state index contributed by atoms with van der Waals surface area (Å²) < 4.78 is 11.2. The molecule has 4 N–H and O–H groups in total. The van der Waals surface area contributed by atoms with Crippen LogP contribution >= 0.6 is 0 Å². The maximum Gasteiger partial charge on any atom is 0.126 e. The van der Waals surface area contributed by atoms with Gasteiger partial charge in [0.1, 0.15) is 34.5 Å². The van der Waals surface area contributed by atoms with Gasteiger partial charge < -0.3 is 29.9 Å². The fourth-order valence-electron chi connectivity index (χ4n) is 4.88. The minimum atomic E-state index is -0.221. The Labute approximate surface area is 223 Å². The molecule has 38 heavy (non-hydrogen) atoms. The molecule has 4 aromatic carbocycles. The van der Waals surface area contributed by atoms with E-state index in [0.717, 1.165) is 47.1 Å². The largest absolute Gasteiger partial charge is 0.508 e. The quantitative estimate of drug-likeness (QED) is 0.183. The van der Waals surface area contributed by atoms with Crippen molar-refractivity contribution in [3.63, 3.8) is 0 Å². The monoisotopic (exact) mass is 514 g/mol. The molecule has 0 amide bonds. The highest BCUT2D eigenvalue weighted by atomic mass is 16.5. The van der Waals surface area contributed by atoms with Gasteiger partial charge in [-0.3, -0.25) is 0 Å². The number of rotatable bonds is 11. The van der Waals surface area contributed by atoms with Crippen molar-refractivity contribution in [3.05, 3.63) is 107 Å². The molecule has 0 unspecified atom stereocenters. The summed E-state index contributed by atoms with van der Waals surface area (Å²) in [7, 11) is 3.17. The van der Waals surface area contributed by atoms with Gasteiger partial charge in [0.15, 0.2) is 0 Å². The molecule has 0 aliphatic heterocycles. The van der Waals surface area contributed by atoms with E-state index >= 15 is 0 Å². The Morgan fingerprint density at radius 3 is 1.76 bits per heavy atom. The number of hydrogen-bond acceptors (Lipinski definition) is 6. The van der Waals surface area contributed by atoms with Gasteiger partial charge in [0.05, 0.1) is 14.2 Å². The van der Waals surface area contributed by atoms with E-state index in [2.05, 4.69) is 0 Å². The van der Waals surface area contributed by atoms with Crippen LogP contribution in [0.2, 0.25) is 0 Å². The van der Waals surface area contributed by atoms with Crippen LogP contribution < -0.4 is 9.47 Å². The van der Waals surface area contributed by atoms with Gasteiger partial charge >= 0.3 is 0 Å². The van der Waals surface area contributed by atoms with Crippen LogP contribution in [0, 0.1) is 0 Å². The van der Waals surface area contributed by atoms with Gasteiger partial charge in [-0.05, 0) is 85.2 Å². The van der Waals surface area contributed by atoms with E-state index in [1.165, 1.54) is 0 Å². The molecule has 6 heteroatoms. The summed E-state index contributed by atoms with van der Waals surface area (Å²) >= 11 is 0. The van der Waals surface area contributed by atoms with Crippen molar-refractivity contribution < 1.29 is 29.9 Å². The summed E-state index contributed by atoms with van der Waals surface area (Å²) in [6.07, 6.45) is 3.83. The molecule has 0 spiro atoms. The molecule has 0 fully saturated rings. The number of aromatic hydroxyl groups is 4. The molecule has 0 heterocycles. The first-order valence-electron chi connectivity index (χ1n) is 12.7. The number of benzene rings is 4. The van der Waals surface area contributed by atoms with E-state index in [0.29, 0.717) is 24.3 Å². The summed E-state index contributed by atoms with van der Waals surface area (Å²) in [6, 6.07) is 23.1. The predicted molar refractivity (Wildman–Crippen MR) is 148 cm³/mol. The topological polar surface area (TPSA) is 99.4 Å². The number of phenols is 4. The van der Waals surface area contributed by atoms with Crippen molar-refractivity contribution in [1.82, 2.24) is 0 Å². The molecule has 6 nitrogen and oxygen atoms in total. The lowest BCUT2D eigenvalue weighted by molar-refractivity contribution is 0.395. The summed E-state index contributed by atoms with van der Waals surface area (Å²) in [4.78, 5) is 0. The SMILES string of the molecule is COc1cc(O)c([C@H](CCc2ccc(O)cc2)c2ccc(O)cc2OC)cc1CCCc1ccc(O)cc1. The highest BCUT2D eigenvalue weighted by Gasteiger charge is 2.24. The predicted octanol–water partition coefficient (Wildman–Crippen LogP) is 6.47. The second kappa shape index (κ2) is 12.3. The average molecular weight is 515 g/mol. The van der Waals surface area contributed by atoms with Crippen LogP contribution in [0.1, 0.15) is 46.6 Å². The highest BCUT2D eigenvalue weighted by molar-refractivity contribution is 5.53. The third kappa shape index (κ3) is 6.51. The Morgan fingerprint density at radius 1 is 0.579 bits per heavy atom. The summed E-state index contributed by atoms with van der Waals surface area (Å²) in [5.74, 6) is 1.67. The van der Waals surface area contributed by atoms with Gasteiger partial charge in [0, 0.05) is 29.2 Å². The van der Waals surface area contributed by atoms with Crippen LogP contribution in [0.25, 0.3) is 0 Å². The fourth-order valence-corrected chi connectivity index (χ4v) is 4.88. The zero-order valence-corrected chi connectivity index (χ0v) is 21.7. The van der Waals surface area contributed by atoms with Gasteiger partial charge in [0.25, 0.3) is 0 Å². The third-order valence-electron chi connectivity index (χ3n) is 6.90. The standard InChI is InChI=1S/C32H34O6/c1-37-31-20-30(36)29(18-23(31)5-3-4-21-6-11-24(33)12-7-21)27(16-10-22-8-13-25(34)14-9-22)28-17-15-26(35)19-32(28)38-2/h6-9,11-15,17-20,27,33-36H,3-5,10,16H2,1-2H3/t27-/m1/s1. The smallest absolute Gasteiger partial charge is 0.126 e. The van der Waals surface area contributed by atoms with Crippen molar-refractivity contribution >= 4 is 0 Å². The van der Waals surface area contributed by atoms with Crippen molar-refractivity contribution in [2.45, 2.75) is 38.0 Å². The minimum absolute atomic E-state index is 0.108. The van der Waals surface area contributed by atoms with Crippen LogP contribution in [-0.2, 0) is 19.3 Å². The van der Waals surface area contributed by atoms with E-state index in [9.17, 15) is 20.4 Å². The van der Waals surface area contributed by atoms with Gasteiger partial charge in [-0.15, -0.1) is 0 Å². The highest BCUT2D eigenvalue weighted by Crippen LogP contribution is 2.43.